The van der Waals surface area contributed by atoms with Crippen LogP contribution in [-0.2, 0) is 11.3 Å². The van der Waals surface area contributed by atoms with Crippen LogP contribution in [0.3, 0.4) is 0 Å². The number of hydrogen-bond acceptors (Lipinski definition) is 3. The molecule has 6 heteroatoms. The maximum atomic E-state index is 12.0. The molecule has 0 aliphatic carbocycles. The molecular formula is C14H20F3NO2. The number of nitrogens with one attached hydrogen (secondary N) is 1. The van der Waals surface area contributed by atoms with Gasteiger partial charge in [-0.1, -0.05) is 12.1 Å². The predicted molar refractivity (Wildman–Crippen MR) is 70.5 cm³/mol. The first kappa shape index (κ1) is 16.8. The van der Waals surface area contributed by atoms with Crippen molar-refractivity contribution in [3.63, 3.8) is 0 Å². The predicted octanol–water partition coefficient (Wildman–Crippen LogP) is 3.49. The lowest BCUT2D eigenvalue weighted by Crippen LogP contribution is -2.18. The summed E-state index contributed by atoms with van der Waals surface area (Å²) in [6, 6.07) is 5.84. The summed E-state index contributed by atoms with van der Waals surface area (Å²) in [5.74, 6) is -0.202. The minimum atomic E-state index is -4.64. The summed E-state index contributed by atoms with van der Waals surface area (Å²) >= 11 is 0. The summed E-state index contributed by atoms with van der Waals surface area (Å²) in [6.07, 6.45) is -3.51. The van der Waals surface area contributed by atoms with Crippen LogP contribution in [0.1, 0.15) is 25.8 Å². The fourth-order valence-corrected chi connectivity index (χ4v) is 1.56. The third-order valence-electron chi connectivity index (χ3n) is 2.44. The van der Waals surface area contributed by atoms with Gasteiger partial charge >= 0.3 is 6.36 Å². The molecule has 1 aromatic carbocycles. The van der Waals surface area contributed by atoms with Crippen molar-refractivity contribution in [3.8, 4) is 5.75 Å². The van der Waals surface area contributed by atoms with Gasteiger partial charge in [0, 0.05) is 13.2 Å². The molecule has 1 rings (SSSR count). The number of ether oxygens (including phenoxy) is 2. The molecule has 0 amide bonds. The molecule has 3 nitrogen and oxygen atoms in total. The van der Waals surface area contributed by atoms with Crippen molar-refractivity contribution in [2.45, 2.75) is 39.3 Å². The van der Waals surface area contributed by atoms with Gasteiger partial charge in [0.25, 0.3) is 0 Å². The number of halogens is 3. The smallest absolute Gasteiger partial charge is 0.406 e. The van der Waals surface area contributed by atoms with Crippen LogP contribution < -0.4 is 10.1 Å². The van der Waals surface area contributed by atoms with Crippen LogP contribution in [0.4, 0.5) is 13.2 Å². The minimum Gasteiger partial charge on any atom is -0.406 e. The number of benzene rings is 1. The molecule has 0 aliphatic rings. The Morgan fingerprint density at radius 3 is 2.35 bits per heavy atom. The molecule has 0 saturated heterocycles. The first-order valence-electron chi connectivity index (χ1n) is 6.54. The van der Waals surface area contributed by atoms with Gasteiger partial charge in [0.2, 0.25) is 0 Å². The largest absolute Gasteiger partial charge is 0.573 e. The van der Waals surface area contributed by atoms with Gasteiger partial charge in [-0.2, -0.15) is 0 Å². The zero-order valence-corrected chi connectivity index (χ0v) is 11.7. The van der Waals surface area contributed by atoms with E-state index in [0.717, 1.165) is 18.5 Å². The Balaban J connectivity index is 2.21. The molecule has 20 heavy (non-hydrogen) atoms. The quantitative estimate of drug-likeness (QED) is 0.744. The SMILES string of the molecule is CC(C)OCCCNCc1ccc(OC(F)(F)F)cc1. The summed E-state index contributed by atoms with van der Waals surface area (Å²) in [4.78, 5) is 0. The Labute approximate surface area is 117 Å². The molecule has 0 heterocycles. The first-order valence-corrected chi connectivity index (χ1v) is 6.54. The van der Waals surface area contributed by atoms with Crippen molar-refractivity contribution >= 4 is 0 Å². The molecule has 114 valence electrons. The Morgan fingerprint density at radius 1 is 1.15 bits per heavy atom. The highest BCUT2D eigenvalue weighted by Crippen LogP contribution is 2.22. The zero-order chi connectivity index (χ0) is 15.0. The number of hydrogen-bond donors (Lipinski definition) is 1. The van der Waals surface area contributed by atoms with Gasteiger partial charge in [-0.3, -0.25) is 0 Å². The summed E-state index contributed by atoms with van der Waals surface area (Å²) in [5.41, 5.74) is 0.907. The Kier molecular flexibility index (Phi) is 6.81. The summed E-state index contributed by atoms with van der Waals surface area (Å²) in [6.45, 7) is 6.07. The molecular weight excluding hydrogens is 271 g/mol. The third kappa shape index (κ3) is 8.01. The van der Waals surface area contributed by atoms with Gasteiger partial charge < -0.3 is 14.8 Å². The molecule has 0 bridgehead atoms. The van der Waals surface area contributed by atoms with Crippen LogP contribution in [0.2, 0.25) is 0 Å². The molecule has 0 atom stereocenters. The maximum Gasteiger partial charge on any atom is 0.573 e. The monoisotopic (exact) mass is 291 g/mol. The molecule has 0 aromatic heterocycles. The highest BCUT2D eigenvalue weighted by atomic mass is 19.4. The van der Waals surface area contributed by atoms with Gasteiger partial charge in [-0.15, -0.1) is 13.2 Å². The van der Waals surface area contributed by atoms with Crippen LogP contribution in [0.25, 0.3) is 0 Å². The summed E-state index contributed by atoms with van der Waals surface area (Å²) in [5, 5.41) is 3.20. The molecule has 0 fully saturated rings. The Hall–Kier alpha value is -1.27. The van der Waals surface area contributed by atoms with E-state index in [1.807, 2.05) is 13.8 Å². The van der Waals surface area contributed by atoms with Crippen LogP contribution in [0, 0.1) is 0 Å². The fourth-order valence-electron chi connectivity index (χ4n) is 1.56. The number of alkyl halides is 3. The van der Waals surface area contributed by atoms with Crippen molar-refractivity contribution in [3.05, 3.63) is 29.8 Å². The van der Waals surface area contributed by atoms with E-state index in [2.05, 4.69) is 10.1 Å². The van der Waals surface area contributed by atoms with Crippen molar-refractivity contribution in [2.24, 2.45) is 0 Å². The fraction of sp³-hybridized carbons (Fsp3) is 0.571. The van der Waals surface area contributed by atoms with Crippen molar-refractivity contribution in [1.82, 2.24) is 5.32 Å². The molecule has 1 aromatic rings. The maximum absolute atomic E-state index is 12.0. The van der Waals surface area contributed by atoms with Crippen LogP contribution >= 0.6 is 0 Å². The van der Waals surface area contributed by atoms with E-state index in [1.54, 1.807) is 12.1 Å². The van der Waals surface area contributed by atoms with E-state index >= 15 is 0 Å². The lowest BCUT2D eigenvalue weighted by atomic mass is 10.2. The van der Waals surface area contributed by atoms with E-state index < -0.39 is 6.36 Å². The van der Waals surface area contributed by atoms with E-state index in [-0.39, 0.29) is 11.9 Å². The molecule has 1 N–H and O–H groups in total. The second-order valence-electron chi connectivity index (χ2n) is 4.64. The van der Waals surface area contributed by atoms with E-state index in [1.165, 1.54) is 12.1 Å². The molecule has 0 aliphatic heterocycles. The standard InChI is InChI=1S/C14H20F3NO2/c1-11(2)19-9-3-8-18-10-12-4-6-13(7-5-12)20-14(15,16)17/h4-7,11,18H,3,8-10H2,1-2H3. The lowest BCUT2D eigenvalue weighted by Gasteiger charge is -2.10. The van der Waals surface area contributed by atoms with Gasteiger partial charge in [0.05, 0.1) is 6.10 Å². The van der Waals surface area contributed by atoms with E-state index in [4.69, 9.17) is 4.74 Å². The van der Waals surface area contributed by atoms with Crippen LogP contribution in [-0.4, -0.2) is 25.6 Å². The van der Waals surface area contributed by atoms with Crippen LogP contribution in [0.15, 0.2) is 24.3 Å². The Morgan fingerprint density at radius 2 is 1.80 bits per heavy atom. The highest BCUT2D eigenvalue weighted by molar-refractivity contribution is 5.27. The molecule has 0 radical (unpaired) electrons. The molecule has 0 spiro atoms. The second-order valence-corrected chi connectivity index (χ2v) is 4.64. The topological polar surface area (TPSA) is 30.5 Å². The van der Waals surface area contributed by atoms with Gasteiger partial charge in [-0.05, 0) is 44.5 Å². The van der Waals surface area contributed by atoms with E-state index in [0.29, 0.717) is 13.2 Å². The Bertz CT molecular complexity index is 377. The first-order chi connectivity index (χ1) is 9.37. The molecule has 0 saturated carbocycles. The highest BCUT2D eigenvalue weighted by Gasteiger charge is 2.30. The van der Waals surface area contributed by atoms with Crippen molar-refractivity contribution in [1.29, 1.82) is 0 Å². The average Bonchev–Trinajstić information content (AvgIpc) is 2.33. The van der Waals surface area contributed by atoms with Crippen molar-refractivity contribution in [2.75, 3.05) is 13.2 Å². The zero-order valence-electron chi connectivity index (χ0n) is 11.7. The normalized spacial score (nSPS) is 11.9. The summed E-state index contributed by atoms with van der Waals surface area (Å²) in [7, 11) is 0. The second kappa shape index (κ2) is 8.11. The lowest BCUT2D eigenvalue weighted by molar-refractivity contribution is -0.274. The molecule has 0 unspecified atom stereocenters. The third-order valence-corrected chi connectivity index (χ3v) is 2.44. The average molecular weight is 291 g/mol. The van der Waals surface area contributed by atoms with E-state index in [9.17, 15) is 13.2 Å². The van der Waals surface area contributed by atoms with Gasteiger partial charge in [-0.25, -0.2) is 0 Å². The van der Waals surface area contributed by atoms with Crippen molar-refractivity contribution < 1.29 is 22.6 Å². The van der Waals surface area contributed by atoms with Gasteiger partial charge in [0.1, 0.15) is 5.75 Å². The minimum absolute atomic E-state index is 0.202. The van der Waals surface area contributed by atoms with Gasteiger partial charge in [0.15, 0.2) is 0 Å². The number of rotatable bonds is 8. The van der Waals surface area contributed by atoms with Crippen LogP contribution in [0.5, 0.6) is 5.75 Å². The summed E-state index contributed by atoms with van der Waals surface area (Å²) < 4.78 is 45.1.